The molecule has 6 rings (SSSR count). The average molecular weight is 495 g/mol. The number of aromatic nitrogens is 2. The van der Waals surface area contributed by atoms with Crippen molar-refractivity contribution >= 4 is 45.6 Å². The number of anilines is 1. The van der Waals surface area contributed by atoms with Crippen LogP contribution >= 0.6 is 11.3 Å². The van der Waals surface area contributed by atoms with Crippen LogP contribution in [0.5, 0.6) is 0 Å². The van der Waals surface area contributed by atoms with Crippen LogP contribution in [0.2, 0.25) is 0 Å². The number of benzene rings is 1. The van der Waals surface area contributed by atoms with E-state index in [1.807, 2.05) is 13.0 Å². The molecule has 2 fully saturated rings. The number of amides is 2. The predicted molar refractivity (Wildman–Crippen MR) is 120 cm³/mol. The maximum Gasteiger partial charge on any atom is 0.242 e. The molecular weight excluding hydrogens is 477 g/mol. The van der Waals surface area contributed by atoms with Gasteiger partial charge in [-0.15, -0.1) is 11.3 Å². The molecule has 10 nitrogen and oxygen atoms in total. The van der Waals surface area contributed by atoms with Crippen molar-refractivity contribution < 1.29 is 28.0 Å². The van der Waals surface area contributed by atoms with Crippen LogP contribution in [0.3, 0.4) is 0 Å². The minimum Gasteiger partial charge on any atom is -0.372 e. The number of carbonyl (C=O) groups is 3. The van der Waals surface area contributed by atoms with Gasteiger partial charge in [0.15, 0.2) is 17.3 Å². The number of carbonyl (C=O) groups excluding carboxylic acids is 3. The number of morpholine rings is 1. The number of nitrogens with zero attached hydrogens (tertiary/aromatic N) is 4. The number of piperidine rings is 1. The minimum absolute atomic E-state index is 0.0906. The monoisotopic (exact) mass is 495 g/mol. The molecule has 0 radical (unpaired) electrons. The molecule has 1 N–H and O–H groups in total. The summed E-state index contributed by atoms with van der Waals surface area (Å²) in [7, 11) is 0. The number of halogens is 1. The smallest absolute Gasteiger partial charge is 0.242 e. The zero-order valence-corrected chi connectivity index (χ0v) is 19.4. The van der Waals surface area contributed by atoms with E-state index in [9.17, 15) is 19.6 Å². The summed E-state index contributed by atoms with van der Waals surface area (Å²) >= 11 is 1.17. The predicted octanol–water partition coefficient (Wildman–Crippen LogP) is 2.10. The van der Waals surface area contributed by atoms with Crippen LogP contribution in [0, 0.1) is 22.6 Å². The maximum atomic E-state index is 16.1. The normalized spacial score (nSPS) is 28.1. The Morgan fingerprint density at radius 3 is 2.89 bits per heavy atom. The number of thiazole rings is 1. The third-order valence-electron chi connectivity index (χ3n) is 7.07. The summed E-state index contributed by atoms with van der Waals surface area (Å²) in [5.41, 5.74) is 0.804. The Kier molecular flexibility index (Phi) is 4.61. The van der Waals surface area contributed by atoms with Crippen molar-refractivity contribution in [1.82, 2.24) is 15.5 Å². The van der Waals surface area contributed by atoms with Gasteiger partial charge in [-0.2, -0.15) is 5.26 Å². The van der Waals surface area contributed by atoms with Crippen molar-refractivity contribution in [2.45, 2.75) is 44.9 Å². The first-order valence-electron chi connectivity index (χ1n) is 11.0. The summed E-state index contributed by atoms with van der Waals surface area (Å²) in [5.74, 6) is -2.54. The van der Waals surface area contributed by atoms with Gasteiger partial charge >= 0.3 is 0 Å². The number of hydrogen-bond donors (Lipinski definition) is 1. The largest absolute Gasteiger partial charge is 0.372 e. The van der Waals surface area contributed by atoms with Gasteiger partial charge in [-0.25, -0.2) is 9.37 Å². The van der Waals surface area contributed by atoms with Gasteiger partial charge in [-0.1, -0.05) is 5.16 Å². The molecule has 4 atom stereocenters. The number of ether oxygens (including phenoxy) is 1. The van der Waals surface area contributed by atoms with E-state index < -0.39 is 47.4 Å². The fraction of sp³-hybridized carbons (Fsp3) is 0.391. The lowest BCUT2D eigenvalue weighted by atomic mass is 9.63. The van der Waals surface area contributed by atoms with Gasteiger partial charge in [-0.05, 0) is 31.9 Å². The van der Waals surface area contributed by atoms with Gasteiger partial charge in [0, 0.05) is 6.54 Å². The molecule has 3 aliphatic rings. The second-order valence-corrected chi connectivity index (χ2v) is 9.98. The Balaban J connectivity index is 1.61. The van der Waals surface area contributed by atoms with E-state index in [4.69, 9.17) is 9.26 Å². The lowest BCUT2D eigenvalue weighted by Crippen LogP contribution is -2.72. The Bertz CT molecular complexity index is 1470. The van der Waals surface area contributed by atoms with Crippen LogP contribution in [0.25, 0.3) is 21.5 Å². The van der Waals surface area contributed by atoms with Crippen molar-refractivity contribution in [3.8, 4) is 16.6 Å². The zero-order valence-electron chi connectivity index (χ0n) is 18.6. The third kappa shape index (κ3) is 2.85. The van der Waals surface area contributed by atoms with Gasteiger partial charge in [0.1, 0.15) is 17.2 Å². The number of rotatable bonds is 1. The number of nitrogens with one attached hydrogen (secondary N) is 1. The van der Waals surface area contributed by atoms with Gasteiger partial charge in [-0.3, -0.25) is 19.7 Å². The van der Waals surface area contributed by atoms with Crippen LogP contribution in [0.4, 0.5) is 10.1 Å². The van der Waals surface area contributed by atoms with Crippen LogP contribution in [0.15, 0.2) is 16.1 Å². The highest BCUT2D eigenvalue weighted by molar-refractivity contribution is 7.13. The summed E-state index contributed by atoms with van der Waals surface area (Å²) in [4.78, 5) is 44.8. The minimum atomic E-state index is -1.62. The molecule has 12 heteroatoms. The Morgan fingerprint density at radius 2 is 2.14 bits per heavy atom. The second-order valence-electron chi connectivity index (χ2n) is 9.12. The van der Waals surface area contributed by atoms with E-state index in [2.05, 4.69) is 15.5 Å². The lowest BCUT2D eigenvalue weighted by Gasteiger charge is -2.55. The molecule has 3 aliphatic heterocycles. The van der Waals surface area contributed by atoms with E-state index in [0.717, 1.165) is 0 Å². The van der Waals surface area contributed by atoms with E-state index >= 15 is 4.39 Å². The number of Topliss-reactive ketones (excluding diaryl/α,β-unsaturated/α-hetero) is 1. The van der Waals surface area contributed by atoms with Crippen LogP contribution in [-0.2, 0) is 25.5 Å². The van der Waals surface area contributed by atoms with Crippen molar-refractivity contribution in [2.75, 3.05) is 11.4 Å². The van der Waals surface area contributed by atoms with Crippen molar-refractivity contribution in [3.05, 3.63) is 28.7 Å². The summed E-state index contributed by atoms with van der Waals surface area (Å²) in [6.07, 6.45) is -1.45. The summed E-state index contributed by atoms with van der Waals surface area (Å²) in [5, 5.41) is 16.0. The fourth-order valence-electron chi connectivity index (χ4n) is 5.80. The zero-order chi connectivity index (χ0) is 24.6. The molecule has 0 aliphatic carbocycles. The molecule has 1 aromatic carbocycles. The molecule has 2 aromatic heterocycles. The molecule has 3 aromatic rings. The van der Waals surface area contributed by atoms with Crippen LogP contribution in [0.1, 0.15) is 31.5 Å². The van der Waals surface area contributed by atoms with E-state index in [0.29, 0.717) is 15.8 Å². The third-order valence-corrected chi connectivity index (χ3v) is 7.90. The van der Waals surface area contributed by atoms with E-state index in [-0.39, 0.29) is 41.7 Å². The molecule has 1 unspecified atom stereocenters. The molecule has 35 heavy (non-hydrogen) atoms. The van der Waals surface area contributed by atoms with E-state index in [1.165, 1.54) is 16.8 Å². The number of hydrogen-bond acceptors (Lipinski definition) is 10. The number of ketones is 1. The molecular formula is C23H18FN5O5S. The highest BCUT2D eigenvalue weighted by Gasteiger charge is 2.62. The molecule has 0 bridgehead atoms. The highest BCUT2D eigenvalue weighted by Crippen LogP contribution is 2.50. The Morgan fingerprint density at radius 1 is 1.34 bits per heavy atom. The average Bonchev–Trinajstić information content (AvgIpc) is 3.43. The summed E-state index contributed by atoms with van der Waals surface area (Å²) < 4.78 is 27.5. The van der Waals surface area contributed by atoms with Gasteiger partial charge in [0.25, 0.3) is 0 Å². The summed E-state index contributed by atoms with van der Waals surface area (Å²) in [6.45, 7) is 3.80. The highest BCUT2D eigenvalue weighted by atomic mass is 32.1. The van der Waals surface area contributed by atoms with Crippen LogP contribution in [-0.4, -0.2) is 52.5 Å². The quantitative estimate of drug-likeness (QED) is 0.397. The van der Waals surface area contributed by atoms with Gasteiger partial charge < -0.3 is 14.2 Å². The standard InChI is InChI=1S/C23H18FN5O5S/c1-9-7-29-18-11(5-23(21(29)10(2)33-9)14(30)4-15(31)27-22(23)32)3-12-17(28-34-19(12)16(18)24)20-13(6-25)26-8-35-20/h3,8-10,21H,4-5,7H2,1-2H3,(H,27,31,32)/t9-,10+,21-,23?/m1/s1. The number of nitriles is 1. The molecule has 0 saturated carbocycles. The van der Waals surface area contributed by atoms with E-state index in [1.54, 1.807) is 17.9 Å². The van der Waals surface area contributed by atoms with Crippen molar-refractivity contribution in [2.24, 2.45) is 5.41 Å². The molecule has 5 heterocycles. The molecule has 178 valence electrons. The van der Waals surface area contributed by atoms with Crippen LogP contribution < -0.4 is 10.2 Å². The Hall–Kier alpha value is -3.69. The fourth-order valence-corrected chi connectivity index (χ4v) is 6.54. The number of fused-ring (bicyclic) bond motifs is 5. The second kappa shape index (κ2) is 7.40. The molecule has 2 saturated heterocycles. The lowest BCUT2D eigenvalue weighted by molar-refractivity contribution is -0.158. The molecule has 1 spiro atoms. The topological polar surface area (TPSA) is 138 Å². The molecule has 2 amide bonds. The van der Waals surface area contributed by atoms with Crippen molar-refractivity contribution in [1.29, 1.82) is 5.26 Å². The van der Waals surface area contributed by atoms with Gasteiger partial charge in [0.05, 0.1) is 46.1 Å². The summed E-state index contributed by atoms with van der Waals surface area (Å²) in [6, 6.07) is 2.83. The number of imide groups is 1. The van der Waals surface area contributed by atoms with Gasteiger partial charge in [0.2, 0.25) is 17.4 Å². The Labute approximate surface area is 201 Å². The first-order chi connectivity index (χ1) is 16.8. The van der Waals surface area contributed by atoms with Crippen molar-refractivity contribution in [3.63, 3.8) is 0 Å². The first-order valence-corrected chi connectivity index (χ1v) is 11.9. The first kappa shape index (κ1) is 21.8. The SMILES string of the molecule is C[C@@H]1CN2c3c(cc4c(-c5scnc5C#N)noc4c3F)CC3(C(=O)CC(=O)NC3=O)[C@H]2[C@H](C)O1. The maximum absolute atomic E-state index is 16.1.